The number of aromatic nitrogens is 2. The van der Waals surface area contributed by atoms with E-state index in [0.29, 0.717) is 18.7 Å². The fraction of sp³-hybridized carbons (Fsp3) is 0.412. The number of aryl methyl sites for hydroxylation is 1. The summed E-state index contributed by atoms with van der Waals surface area (Å²) in [6.45, 7) is 8.58. The van der Waals surface area contributed by atoms with Crippen LogP contribution in [-0.4, -0.2) is 16.4 Å². The maximum Gasteiger partial charge on any atom is 0.271 e. The molecule has 0 aliphatic heterocycles. The molecule has 2 rings (SSSR count). The number of nitrogens with two attached hydrogens (primary N) is 1. The van der Waals surface area contributed by atoms with Gasteiger partial charge < -0.3 is 10.5 Å². The molecule has 118 valence electrons. The number of hydrogen-bond donors (Lipinski definition) is 1. The Labute approximate surface area is 130 Å². The first-order chi connectivity index (χ1) is 10.4. The van der Waals surface area contributed by atoms with Crippen LogP contribution in [0, 0.1) is 0 Å². The van der Waals surface area contributed by atoms with Gasteiger partial charge in [-0.15, -0.1) is 0 Å². The lowest BCUT2D eigenvalue weighted by atomic mass is 9.96. The molecule has 0 bridgehead atoms. The first kappa shape index (κ1) is 16.2. The lowest BCUT2D eigenvalue weighted by Gasteiger charge is -2.20. The quantitative estimate of drug-likeness (QED) is 0.921. The maximum absolute atomic E-state index is 12.4. The van der Waals surface area contributed by atoms with Gasteiger partial charge in [-0.1, -0.05) is 12.1 Å². The molecule has 1 aromatic heterocycles. The molecule has 0 fully saturated rings. The molecule has 0 saturated carbocycles. The van der Waals surface area contributed by atoms with Crippen molar-refractivity contribution in [3.8, 4) is 17.0 Å². The van der Waals surface area contributed by atoms with Gasteiger partial charge in [0.1, 0.15) is 5.75 Å². The summed E-state index contributed by atoms with van der Waals surface area (Å²) in [4.78, 5) is 12.4. The Balaban J connectivity index is 2.61. The highest BCUT2D eigenvalue weighted by Crippen LogP contribution is 2.24. The average molecular weight is 301 g/mol. The molecular weight excluding hydrogens is 278 g/mol. The summed E-state index contributed by atoms with van der Waals surface area (Å²) in [7, 11) is 0. The second-order valence-electron chi connectivity index (χ2n) is 5.75. The lowest BCUT2D eigenvalue weighted by molar-refractivity contribution is 0.340. The summed E-state index contributed by atoms with van der Waals surface area (Å²) >= 11 is 0. The zero-order chi connectivity index (χ0) is 16.3. The van der Waals surface area contributed by atoms with E-state index in [4.69, 9.17) is 10.5 Å². The van der Waals surface area contributed by atoms with Crippen LogP contribution in [0.3, 0.4) is 0 Å². The fourth-order valence-corrected chi connectivity index (χ4v) is 2.27. The van der Waals surface area contributed by atoms with E-state index >= 15 is 0 Å². The molecule has 1 heterocycles. The van der Waals surface area contributed by atoms with E-state index in [1.807, 2.05) is 52.0 Å². The highest BCUT2D eigenvalue weighted by atomic mass is 16.5. The van der Waals surface area contributed by atoms with Crippen LogP contribution >= 0.6 is 0 Å². The maximum atomic E-state index is 12.4. The average Bonchev–Trinajstić information content (AvgIpc) is 2.47. The van der Waals surface area contributed by atoms with Gasteiger partial charge >= 0.3 is 0 Å². The minimum atomic E-state index is -0.719. The normalized spacial score (nSPS) is 11.5. The van der Waals surface area contributed by atoms with E-state index in [2.05, 4.69) is 5.10 Å². The standard InChI is InChI=1S/C17H23N3O2/c1-5-20-16(21)14(17(3,4)18)11-15(19-20)12-8-7-9-13(10-12)22-6-2/h7-11H,5-6,18H2,1-4H3. The van der Waals surface area contributed by atoms with Crippen molar-refractivity contribution in [3.63, 3.8) is 0 Å². The summed E-state index contributed by atoms with van der Waals surface area (Å²) < 4.78 is 6.98. The van der Waals surface area contributed by atoms with Gasteiger partial charge in [0.25, 0.3) is 5.56 Å². The van der Waals surface area contributed by atoms with Crippen LogP contribution in [-0.2, 0) is 12.1 Å². The predicted molar refractivity (Wildman–Crippen MR) is 88.0 cm³/mol. The third-order valence-electron chi connectivity index (χ3n) is 3.41. The second-order valence-corrected chi connectivity index (χ2v) is 5.75. The van der Waals surface area contributed by atoms with E-state index in [-0.39, 0.29) is 5.56 Å². The minimum Gasteiger partial charge on any atom is -0.494 e. The van der Waals surface area contributed by atoms with Crippen LogP contribution in [0.2, 0.25) is 0 Å². The van der Waals surface area contributed by atoms with Crippen molar-refractivity contribution in [2.75, 3.05) is 6.61 Å². The van der Waals surface area contributed by atoms with Gasteiger partial charge in [0, 0.05) is 23.2 Å². The molecule has 0 amide bonds. The van der Waals surface area contributed by atoms with Crippen molar-refractivity contribution in [1.82, 2.24) is 9.78 Å². The van der Waals surface area contributed by atoms with Gasteiger partial charge in [0.15, 0.2) is 0 Å². The van der Waals surface area contributed by atoms with Crippen LogP contribution in [0.5, 0.6) is 5.75 Å². The Morgan fingerprint density at radius 3 is 2.59 bits per heavy atom. The first-order valence-electron chi connectivity index (χ1n) is 7.51. The first-order valence-corrected chi connectivity index (χ1v) is 7.51. The summed E-state index contributed by atoms with van der Waals surface area (Å²) in [6, 6.07) is 9.46. The van der Waals surface area contributed by atoms with E-state index in [0.717, 1.165) is 17.0 Å². The largest absolute Gasteiger partial charge is 0.494 e. The number of rotatable bonds is 5. The van der Waals surface area contributed by atoms with Gasteiger partial charge in [0.2, 0.25) is 0 Å². The molecule has 0 unspecified atom stereocenters. The monoisotopic (exact) mass is 301 g/mol. The number of benzene rings is 1. The summed E-state index contributed by atoms with van der Waals surface area (Å²) in [6.07, 6.45) is 0. The molecule has 0 radical (unpaired) electrons. The summed E-state index contributed by atoms with van der Waals surface area (Å²) in [5.41, 5.74) is 7.46. The zero-order valence-corrected chi connectivity index (χ0v) is 13.6. The molecule has 0 aliphatic rings. The molecule has 2 aromatic rings. The highest BCUT2D eigenvalue weighted by Gasteiger charge is 2.21. The molecule has 0 saturated heterocycles. The molecular formula is C17H23N3O2. The van der Waals surface area contributed by atoms with Crippen LogP contribution in [0.1, 0.15) is 33.3 Å². The third-order valence-corrected chi connectivity index (χ3v) is 3.41. The molecule has 5 nitrogen and oxygen atoms in total. The Morgan fingerprint density at radius 1 is 1.27 bits per heavy atom. The van der Waals surface area contributed by atoms with Crippen molar-refractivity contribution < 1.29 is 4.74 Å². The zero-order valence-electron chi connectivity index (χ0n) is 13.6. The van der Waals surface area contributed by atoms with E-state index in [9.17, 15) is 4.79 Å². The van der Waals surface area contributed by atoms with Crippen molar-refractivity contribution >= 4 is 0 Å². The van der Waals surface area contributed by atoms with Gasteiger partial charge in [-0.2, -0.15) is 5.10 Å². The SMILES string of the molecule is CCOc1cccc(-c2cc(C(C)(C)N)c(=O)n(CC)n2)c1. The Morgan fingerprint density at radius 2 is 2.00 bits per heavy atom. The van der Waals surface area contributed by atoms with E-state index in [1.54, 1.807) is 6.07 Å². The minimum absolute atomic E-state index is 0.139. The third kappa shape index (κ3) is 3.36. The molecule has 1 aromatic carbocycles. The predicted octanol–water partition coefficient (Wildman–Crippen LogP) is 2.52. The Hall–Kier alpha value is -2.14. The van der Waals surface area contributed by atoms with Crippen LogP contribution < -0.4 is 16.0 Å². The van der Waals surface area contributed by atoms with Gasteiger partial charge in [0.05, 0.1) is 12.3 Å². The second kappa shape index (κ2) is 6.32. The molecule has 2 N–H and O–H groups in total. The number of nitrogens with zero attached hydrogens (tertiary/aromatic N) is 2. The molecule has 0 aliphatic carbocycles. The fourth-order valence-electron chi connectivity index (χ4n) is 2.27. The van der Waals surface area contributed by atoms with Crippen LogP contribution in [0.4, 0.5) is 0 Å². The van der Waals surface area contributed by atoms with Crippen molar-refractivity contribution in [3.05, 3.63) is 46.2 Å². The van der Waals surface area contributed by atoms with Crippen molar-refractivity contribution in [2.45, 2.75) is 39.8 Å². The highest BCUT2D eigenvalue weighted by molar-refractivity contribution is 5.61. The van der Waals surface area contributed by atoms with Gasteiger partial charge in [-0.05, 0) is 45.9 Å². The van der Waals surface area contributed by atoms with Crippen LogP contribution in [0.25, 0.3) is 11.3 Å². The van der Waals surface area contributed by atoms with Gasteiger partial charge in [-0.3, -0.25) is 4.79 Å². The summed E-state index contributed by atoms with van der Waals surface area (Å²) in [5.74, 6) is 0.782. The molecule has 0 spiro atoms. The van der Waals surface area contributed by atoms with Crippen molar-refractivity contribution in [1.29, 1.82) is 0 Å². The van der Waals surface area contributed by atoms with Crippen LogP contribution in [0.15, 0.2) is 35.1 Å². The topological polar surface area (TPSA) is 70.1 Å². The molecule has 5 heteroatoms. The number of hydrogen-bond acceptors (Lipinski definition) is 4. The molecule has 22 heavy (non-hydrogen) atoms. The smallest absolute Gasteiger partial charge is 0.271 e. The van der Waals surface area contributed by atoms with Crippen molar-refractivity contribution in [2.24, 2.45) is 5.73 Å². The lowest BCUT2D eigenvalue weighted by Crippen LogP contribution is -2.39. The Kier molecular flexibility index (Phi) is 4.66. The van der Waals surface area contributed by atoms with Gasteiger partial charge in [-0.25, -0.2) is 4.68 Å². The van der Waals surface area contributed by atoms with E-state index < -0.39 is 5.54 Å². The summed E-state index contributed by atoms with van der Waals surface area (Å²) in [5, 5.41) is 4.43. The Bertz CT molecular complexity index is 715. The molecule has 0 atom stereocenters. The van der Waals surface area contributed by atoms with E-state index in [1.165, 1.54) is 4.68 Å². The number of ether oxygens (including phenoxy) is 1.